The van der Waals surface area contributed by atoms with Crippen LogP contribution in [0.15, 0.2) is 36.4 Å². The van der Waals surface area contributed by atoms with Gasteiger partial charge in [0.25, 0.3) is 0 Å². The number of carbonyl (C=O) groups is 1. The first-order chi connectivity index (χ1) is 10.6. The largest absolute Gasteiger partial charge is 0.487 e. The molecular formula is C17H19FN2O2. The van der Waals surface area contributed by atoms with E-state index in [1.165, 1.54) is 12.1 Å². The first-order valence-corrected chi connectivity index (χ1v) is 7.77. The average Bonchev–Trinajstić information content (AvgIpc) is 3.04. The molecule has 1 aliphatic heterocycles. The summed E-state index contributed by atoms with van der Waals surface area (Å²) in [6.07, 6.45) is 5.29. The number of carbonyl (C=O) groups excluding carboxylic acids is 1. The molecule has 2 N–H and O–H groups in total. The van der Waals surface area contributed by atoms with Crippen LogP contribution in [-0.4, -0.2) is 36.0 Å². The van der Waals surface area contributed by atoms with Gasteiger partial charge in [-0.15, -0.1) is 0 Å². The Labute approximate surface area is 128 Å². The summed E-state index contributed by atoms with van der Waals surface area (Å²) in [6.45, 7) is 1.17. The van der Waals surface area contributed by atoms with Crippen molar-refractivity contribution in [2.75, 3.05) is 13.1 Å². The molecule has 0 unspecified atom stereocenters. The van der Waals surface area contributed by atoms with Crippen molar-refractivity contribution in [3.8, 4) is 5.75 Å². The van der Waals surface area contributed by atoms with Gasteiger partial charge in [0.2, 0.25) is 5.91 Å². The molecule has 4 atom stereocenters. The zero-order valence-electron chi connectivity index (χ0n) is 12.2. The van der Waals surface area contributed by atoms with Crippen LogP contribution in [-0.2, 0) is 4.79 Å². The van der Waals surface area contributed by atoms with Crippen molar-refractivity contribution >= 4 is 5.91 Å². The molecule has 2 fully saturated rings. The Morgan fingerprint density at radius 3 is 2.50 bits per heavy atom. The van der Waals surface area contributed by atoms with Gasteiger partial charge >= 0.3 is 0 Å². The topological polar surface area (TPSA) is 55.6 Å². The number of hydrogen-bond donors (Lipinski definition) is 1. The minimum Gasteiger partial charge on any atom is -0.487 e. The highest BCUT2D eigenvalue weighted by Crippen LogP contribution is 2.43. The number of rotatable bonds is 3. The maximum absolute atomic E-state index is 12.8. The molecule has 1 aromatic rings. The van der Waals surface area contributed by atoms with E-state index in [4.69, 9.17) is 10.5 Å². The van der Waals surface area contributed by atoms with Crippen LogP contribution in [0.1, 0.15) is 6.42 Å². The molecule has 4 nitrogen and oxygen atoms in total. The zero-order chi connectivity index (χ0) is 15.3. The molecule has 2 bridgehead atoms. The molecule has 3 aliphatic rings. The lowest BCUT2D eigenvalue weighted by Gasteiger charge is -2.41. The minimum absolute atomic E-state index is 0.0141. The Morgan fingerprint density at radius 2 is 1.86 bits per heavy atom. The quantitative estimate of drug-likeness (QED) is 0.862. The predicted molar refractivity (Wildman–Crippen MR) is 79.6 cm³/mol. The van der Waals surface area contributed by atoms with Crippen molar-refractivity contribution in [3.05, 3.63) is 42.2 Å². The van der Waals surface area contributed by atoms with Crippen molar-refractivity contribution in [2.45, 2.75) is 18.6 Å². The Hall–Kier alpha value is -1.88. The highest BCUT2D eigenvalue weighted by molar-refractivity contribution is 5.82. The van der Waals surface area contributed by atoms with Crippen molar-refractivity contribution in [2.24, 2.45) is 23.5 Å². The van der Waals surface area contributed by atoms with Gasteiger partial charge in [-0.2, -0.15) is 0 Å². The van der Waals surface area contributed by atoms with Gasteiger partial charge in [-0.05, 0) is 42.5 Å². The highest BCUT2D eigenvalue weighted by Gasteiger charge is 2.49. The van der Waals surface area contributed by atoms with Crippen LogP contribution < -0.4 is 10.5 Å². The summed E-state index contributed by atoms with van der Waals surface area (Å²) < 4.78 is 18.6. The maximum Gasteiger partial charge on any atom is 0.228 e. The van der Waals surface area contributed by atoms with Crippen LogP contribution in [0.5, 0.6) is 5.75 Å². The summed E-state index contributed by atoms with van der Waals surface area (Å²) in [7, 11) is 0. The number of nitrogens with two attached hydrogens (primary N) is 1. The fourth-order valence-corrected chi connectivity index (χ4v) is 3.82. The highest BCUT2D eigenvalue weighted by atomic mass is 19.1. The molecule has 0 spiro atoms. The average molecular weight is 302 g/mol. The zero-order valence-corrected chi connectivity index (χ0v) is 12.2. The summed E-state index contributed by atoms with van der Waals surface area (Å²) in [6, 6.07) is 5.92. The molecule has 2 aliphatic carbocycles. The summed E-state index contributed by atoms with van der Waals surface area (Å²) in [4.78, 5) is 14.4. The summed E-state index contributed by atoms with van der Waals surface area (Å²) >= 11 is 0. The third-order valence-corrected chi connectivity index (χ3v) is 5.08. The molecule has 0 aromatic heterocycles. The first kappa shape index (κ1) is 13.8. The second kappa shape index (κ2) is 5.09. The summed E-state index contributed by atoms with van der Waals surface area (Å²) in [5.41, 5.74) is 6.19. The number of allylic oxidation sites excluding steroid dienone is 1. The van der Waals surface area contributed by atoms with E-state index in [2.05, 4.69) is 12.2 Å². The van der Waals surface area contributed by atoms with E-state index in [1.807, 2.05) is 4.90 Å². The van der Waals surface area contributed by atoms with Crippen LogP contribution in [0, 0.1) is 23.6 Å². The van der Waals surface area contributed by atoms with Crippen LogP contribution >= 0.6 is 0 Å². The fourth-order valence-electron chi connectivity index (χ4n) is 3.82. The maximum atomic E-state index is 12.8. The lowest BCUT2D eigenvalue weighted by molar-refractivity contribution is -0.145. The number of amides is 1. The molecule has 116 valence electrons. The summed E-state index contributed by atoms with van der Waals surface area (Å²) in [5, 5.41) is 0. The SMILES string of the molecule is N[C@@H]1[C@H](C(=O)N2CC(Oc3ccc(F)cc3)C2)[C@@H]2C=C[C@H]1C2. The lowest BCUT2D eigenvalue weighted by Crippen LogP contribution is -2.59. The van der Waals surface area contributed by atoms with Gasteiger partial charge in [-0.1, -0.05) is 12.2 Å². The van der Waals surface area contributed by atoms with E-state index >= 15 is 0 Å². The third kappa shape index (κ3) is 2.20. The van der Waals surface area contributed by atoms with Gasteiger partial charge < -0.3 is 15.4 Å². The van der Waals surface area contributed by atoms with Gasteiger partial charge in [-0.25, -0.2) is 4.39 Å². The van der Waals surface area contributed by atoms with Crippen molar-refractivity contribution in [1.29, 1.82) is 0 Å². The molecule has 1 heterocycles. The van der Waals surface area contributed by atoms with Crippen LogP contribution in [0.4, 0.5) is 4.39 Å². The molecule has 4 rings (SSSR count). The van der Waals surface area contributed by atoms with Gasteiger partial charge in [0.15, 0.2) is 0 Å². The predicted octanol–water partition coefficient (Wildman–Crippen LogP) is 1.56. The normalized spacial score (nSPS) is 33.1. The molecule has 1 saturated carbocycles. The fraction of sp³-hybridized carbons (Fsp3) is 0.471. The number of halogens is 1. The molecule has 1 saturated heterocycles. The lowest BCUT2D eigenvalue weighted by atomic mass is 9.87. The molecule has 1 amide bonds. The van der Waals surface area contributed by atoms with Gasteiger partial charge in [-0.3, -0.25) is 4.79 Å². The van der Waals surface area contributed by atoms with Gasteiger partial charge in [0.1, 0.15) is 17.7 Å². The standard InChI is InChI=1S/C17H19FN2O2/c18-12-3-5-13(6-4-12)22-14-8-20(9-14)17(21)15-10-1-2-11(7-10)16(15)19/h1-6,10-11,14-16H,7-9,19H2/t10-,11+,15-,16+/m1/s1. The second-order valence-corrected chi connectivity index (χ2v) is 6.49. The van der Waals surface area contributed by atoms with Crippen molar-refractivity contribution < 1.29 is 13.9 Å². The number of hydrogen-bond acceptors (Lipinski definition) is 3. The Kier molecular flexibility index (Phi) is 3.18. The molecular weight excluding hydrogens is 283 g/mol. The van der Waals surface area contributed by atoms with Gasteiger partial charge in [0, 0.05) is 6.04 Å². The number of likely N-dealkylation sites (tertiary alicyclic amines) is 1. The third-order valence-electron chi connectivity index (χ3n) is 5.08. The molecule has 5 heteroatoms. The molecule has 22 heavy (non-hydrogen) atoms. The number of fused-ring (bicyclic) bond motifs is 2. The Bertz CT molecular complexity index is 610. The van der Waals surface area contributed by atoms with E-state index in [9.17, 15) is 9.18 Å². The van der Waals surface area contributed by atoms with E-state index in [-0.39, 0.29) is 29.8 Å². The number of ether oxygens (including phenoxy) is 1. The van der Waals surface area contributed by atoms with Crippen LogP contribution in [0.3, 0.4) is 0 Å². The monoisotopic (exact) mass is 302 g/mol. The Balaban J connectivity index is 1.32. The Morgan fingerprint density at radius 1 is 1.18 bits per heavy atom. The van der Waals surface area contributed by atoms with Crippen molar-refractivity contribution in [3.63, 3.8) is 0 Å². The van der Waals surface area contributed by atoms with Gasteiger partial charge in [0.05, 0.1) is 19.0 Å². The van der Waals surface area contributed by atoms with E-state index < -0.39 is 0 Å². The number of benzene rings is 1. The van der Waals surface area contributed by atoms with Crippen LogP contribution in [0.2, 0.25) is 0 Å². The number of nitrogens with zero attached hydrogens (tertiary/aromatic N) is 1. The summed E-state index contributed by atoms with van der Waals surface area (Å²) in [5.74, 6) is 1.12. The second-order valence-electron chi connectivity index (χ2n) is 6.49. The van der Waals surface area contributed by atoms with Crippen LogP contribution in [0.25, 0.3) is 0 Å². The van der Waals surface area contributed by atoms with Crippen molar-refractivity contribution in [1.82, 2.24) is 4.90 Å². The van der Waals surface area contributed by atoms with E-state index in [0.29, 0.717) is 30.7 Å². The smallest absolute Gasteiger partial charge is 0.228 e. The van der Waals surface area contributed by atoms with E-state index in [0.717, 1.165) is 6.42 Å². The first-order valence-electron chi connectivity index (χ1n) is 7.77. The molecule has 1 aromatic carbocycles. The van der Waals surface area contributed by atoms with E-state index in [1.54, 1.807) is 12.1 Å². The minimum atomic E-state index is -0.281. The molecule has 0 radical (unpaired) electrons.